The van der Waals surface area contributed by atoms with Crippen molar-refractivity contribution in [1.82, 2.24) is 19.9 Å². The molecular formula is C35H26N4. The van der Waals surface area contributed by atoms with Gasteiger partial charge in [0.25, 0.3) is 0 Å². The van der Waals surface area contributed by atoms with Crippen molar-refractivity contribution in [3.05, 3.63) is 133 Å². The largest absolute Gasteiger partial charge is 0.236 e. The van der Waals surface area contributed by atoms with Crippen LogP contribution in [-0.2, 0) is 5.41 Å². The Morgan fingerprint density at radius 1 is 0.487 bits per heavy atom. The molecule has 0 aliphatic heterocycles. The first-order valence-corrected chi connectivity index (χ1v) is 13.2. The number of aromatic nitrogens is 4. The van der Waals surface area contributed by atoms with Gasteiger partial charge in [0.2, 0.25) is 0 Å². The van der Waals surface area contributed by atoms with Crippen molar-refractivity contribution in [2.75, 3.05) is 0 Å². The highest BCUT2D eigenvalue weighted by Gasteiger charge is 2.42. The van der Waals surface area contributed by atoms with Gasteiger partial charge in [-0.2, -0.15) is 0 Å². The maximum atomic E-state index is 5.18. The molecule has 0 N–H and O–H groups in total. The van der Waals surface area contributed by atoms with Gasteiger partial charge < -0.3 is 0 Å². The van der Waals surface area contributed by atoms with Crippen LogP contribution in [0.5, 0.6) is 0 Å². The second-order valence-electron chi connectivity index (χ2n) is 10.4. The standard InChI is InChI=1S/C35H26N4/c1-35(2)31-28(22-36-33(38-31)27-20-12-19-26(21-27)23-13-6-3-7-14-23)29-30(24-15-8-4-9-16-24)37-34(39-32(29)35)25-17-10-5-11-18-25/h3-22H,1-2H3. The second-order valence-corrected chi connectivity index (χ2v) is 10.4. The lowest BCUT2D eigenvalue weighted by molar-refractivity contribution is 0.614. The van der Waals surface area contributed by atoms with Gasteiger partial charge in [-0.3, -0.25) is 0 Å². The van der Waals surface area contributed by atoms with Gasteiger partial charge in [-0.1, -0.05) is 109 Å². The summed E-state index contributed by atoms with van der Waals surface area (Å²) in [5, 5.41) is 0. The van der Waals surface area contributed by atoms with E-state index in [1.165, 1.54) is 5.56 Å². The summed E-state index contributed by atoms with van der Waals surface area (Å²) in [6.07, 6.45) is 1.96. The van der Waals surface area contributed by atoms with Gasteiger partial charge in [0.05, 0.1) is 22.5 Å². The second kappa shape index (κ2) is 9.10. The van der Waals surface area contributed by atoms with Crippen molar-refractivity contribution < 1.29 is 0 Å². The molecule has 0 amide bonds. The number of benzene rings is 4. The fraction of sp³-hybridized carbons (Fsp3) is 0.0857. The molecule has 0 saturated heterocycles. The van der Waals surface area contributed by atoms with Crippen molar-refractivity contribution in [2.24, 2.45) is 0 Å². The summed E-state index contributed by atoms with van der Waals surface area (Å²) in [7, 11) is 0. The van der Waals surface area contributed by atoms with Gasteiger partial charge in [-0.25, -0.2) is 19.9 Å². The van der Waals surface area contributed by atoms with Crippen LogP contribution in [0.3, 0.4) is 0 Å². The van der Waals surface area contributed by atoms with E-state index in [0.717, 1.165) is 56.3 Å². The molecule has 4 heteroatoms. The number of hydrogen-bond donors (Lipinski definition) is 0. The van der Waals surface area contributed by atoms with Gasteiger partial charge in [-0.05, 0) is 31.0 Å². The highest BCUT2D eigenvalue weighted by atomic mass is 15.0. The van der Waals surface area contributed by atoms with E-state index in [4.69, 9.17) is 19.9 Å². The molecule has 0 atom stereocenters. The molecule has 39 heavy (non-hydrogen) atoms. The Morgan fingerprint density at radius 3 is 1.74 bits per heavy atom. The van der Waals surface area contributed by atoms with Crippen molar-refractivity contribution in [2.45, 2.75) is 19.3 Å². The van der Waals surface area contributed by atoms with Crippen LogP contribution in [0.15, 0.2) is 121 Å². The van der Waals surface area contributed by atoms with Crippen LogP contribution >= 0.6 is 0 Å². The molecule has 6 aromatic rings. The van der Waals surface area contributed by atoms with Crippen molar-refractivity contribution in [1.29, 1.82) is 0 Å². The Kier molecular flexibility index (Phi) is 5.41. The van der Waals surface area contributed by atoms with Crippen LogP contribution in [0.4, 0.5) is 0 Å². The van der Waals surface area contributed by atoms with E-state index in [9.17, 15) is 0 Å². The molecule has 0 saturated carbocycles. The summed E-state index contributed by atoms with van der Waals surface area (Å²) >= 11 is 0. The topological polar surface area (TPSA) is 51.6 Å². The smallest absolute Gasteiger partial charge is 0.160 e. The molecule has 4 nitrogen and oxygen atoms in total. The normalized spacial score (nSPS) is 13.1. The van der Waals surface area contributed by atoms with Gasteiger partial charge in [-0.15, -0.1) is 0 Å². The van der Waals surface area contributed by atoms with E-state index in [-0.39, 0.29) is 0 Å². The number of nitrogens with zero attached hydrogens (tertiary/aromatic N) is 4. The SMILES string of the molecule is CC1(C)c2nc(-c3cccc(-c4ccccc4)c3)ncc2-c2c(-c3ccccc3)nc(-c3ccccc3)nc21. The molecule has 0 spiro atoms. The lowest BCUT2D eigenvalue weighted by atomic mass is 9.88. The fourth-order valence-corrected chi connectivity index (χ4v) is 5.45. The van der Waals surface area contributed by atoms with Crippen molar-refractivity contribution in [3.8, 4) is 56.3 Å². The van der Waals surface area contributed by atoms with E-state index in [1.54, 1.807) is 0 Å². The Labute approximate surface area is 228 Å². The van der Waals surface area contributed by atoms with E-state index < -0.39 is 5.41 Å². The third-order valence-electron chi connectivity index (χ3n) is 7.46. The molecule has 0 radical (unpaired) electrons. The highest BCUT2D eigenvalue weighted by molar-refractivity contribution is 5.90. The van der Waals surface area contributed by atoms with E-state index in [2.05, 4.69) is 86.6 Å². The van der Waals surface area contributed by atoms with Crippen LogP contribution in [0.2, 0.25) is 0 Å². The quantitative estimate of drug-likeness (QED) is 0.244. The Morgan fingerprint density at radius 2 is 1.05 bits per heavy atom. The van der Waals surface area contributed by atoms with Crippen LogP contribution < -0.4 is 0 Å². The van der Waals surface area contributed by atoms with Crippen LogP contribution in [-0.4, -0.2) is 19.9 Å². The fourth-order valence-electron chi connectivity index (χ4n) is 5.45. The molecule has 2 heterocycles. The zero-order valence-corrected chi connectivity index (χ0v) is 21.8. The van der Waals surface area contributed by atoms with Gasteiger partial charge in [0.15, 0.2) is 11.6 Å². The minimum absolute atomic E-state index is 0.421. The van der Waals surface area contributed by atoms with Crippen molar-refractivity contribution >= 4 is 0 Å². The minimum Gasteiger partial charge on any atom is -0.236 e. The van der Waals surface area contributed by atoms with Crippen molar-refractivity contribution in [3.63, 3.8) is 0 Å². The van der Waals surface area contributed by atoms with Gasteiger partial charge in [0.1, 0.15) is 0 Å². The maximum absolute atomic E-state index is 5.18. The molecule has 7 rings (SSSR count). The molecule has 2 aromatic heterocycles. The first-order chi connectivity index (χ1) is 19.1. The first kappa shape index (κ1) is 23.2. The predicted molar refractivity (Wildman–Crippen MR) is 157 cm³/mol. The van der Waals surface area contributed by atoms with E-state index >= 15 is 0 Å². The summed E-state index contributed by atoms with van der Waals surface area (Å²) in [6, 6.07) is 39.3. The zero-order valence-electron chi connectivity index (χ0n) is 21.8. The number of fused-ring (bicyclic) bond motifs is 3. The summed E-state index contributed by atoms with van der Waals surface area (Å²) in [5.74, 6) is 1.43. The lowest BCUT2D eigenvalue weighted by Crippen LogP contribution is -2.19. The molecule has 186 valence electrons. The van der Waals surface area contributed by atoms with Crippen LogP contribution in [0.1, 0.15) is 25.2 Å². The third kappa shape index (κ3) is 3.93. The summed E-state index contributed by atoms with van der Waals surface area (Å²) in [6.45, 7) is 4.40. The lowest BCUT2D eigenvalue weighted by Gasteiger charge is -2.20. The molecule has 4 aromatic carbocycles. The molecular weight excluding hydrogens is 476 g/mol. The zero-order chi connectivity index (χ0) is 26.4. The Bertz CT molecular complexity index is 1810. The highest BCUT2D eigenvalue weighted by Crippen LogP contribution is 2.50. The molecule has 0 unspecified atom stereocenters. The Hall–Kier alpha value is -4.96. The molecule has 1 aliphatic carbocycles. The third-order valence-corrected chi connectivity index (χ3v) is 7.46. The Balaban J connectivity index is 1.41. The minimum atomic E-state index is -0.421. The maximum Gasteiger partial charge on any atom is 0.160 e. The number of rotatable bonds is 4. The first-order valence-electron chi connectivity index (χ1n) is 13.2. The van der Waals surface area contributed by atoms with Crippen LogP contribution in [0, 0.1) is 0 Å². The summed E-state index contributed by atoms with van der Waals surface area (Å²) in [4.78, 5) is 20.3. The molecule has 1 aliphatic rings. The molecule has 0 bridgehead atoms. The average Bonchev–Trinajstić information content (AvgIpc) is 3.24. The summed E-state index contributed by atoms with van der Waals surface area (Å²) in [5.41, 5.74) is 9.81. The monoisotopic (exact) mass is 502 g/mol. The summed E-state index contributed by atoms with van der Waals surface area (Å²) < 4.78 is 0. The van der Waals surface area contributed by atoms with E-state index in [1.807, 2.05) is 48.7 Å². The average molecular weight is 503 g/mol. The van der Waals surface area contributed by atoms with Gasteiger partial charge >= 0.3 is 0 Å². The van der Waals surface area contributed by atoms with E-state index in [0.29, 0.717) is 5.82 Å². The van der Waals surface area contributed by atoms with Crippen LogP contribution in [0.25, 0.3) is 56.3 Å². The predicted octanol–water partition coefficient (Wildman–Crippen LogP) is 8.24. The molecule has 0 fully saturated rings. The number of hydrogen-bond acceptors (Lipinski definition) is 4. The van der Waals surface area contributed by atoms with Gasteiger partial charge in [0, 0.05) is 34.0 Å².